The Morgan fingerprint density at radius 2 is 1.68 bits per heavy atom. The molecular weight excluding hydrogens is 276 g/mol. The first-order chi connectivity index (χ1) is 10.1. The highest BCUT2D eigenvalue weighted by molar-refractivity contribution is 5.67. The van der Waals surface area contributed by atoms with Gasteiger partial charge in [0.1, 0.15) is 5.60 Å². The Hall–Kier alpha value is -0.770. The molecule has 130 valence electrons. The lowest BCUT2D eigenvalue weighted by Gasteiger charge is -2.36. The summed E-state index contributed by atoms with van der Waals surface area (Å²) in [7, 11) is 0. The molecule has 1 amide bonds. The number of hydrogen-bond acceptors (Lipinski definition) is 3. The molecule has 4 nitrogen and oxygen atoms in total. The Morgan fingerprint density at radius 1 is 1.14 bits per heavy atom. The second-order valence-corrected chi connectivity index (χ2v) is 8.51. The van der Waals surface area contributed by atoms with Gasteiger partial charge in [-0.2, -0.15) is 0 Å². The fourth-order valence-electron chi connectivity index (χ4n) is 3.38. The predicted octanol–water partition coefficient (Wildman–Crippen LogP) is 3.95. The molecule has 0 aromatic rings. The van der Waals surface area contributed by atoms with Crippen LogP contribution in [0.15, 0.2) is 0 Å². The molecule has 1 saturated carbocycles. The van der Waals surface area contributed by atoms with Crippen molar-refractivity contribution in [3.63, 3.8) is 0 Å². The van der Waals surface area contributed by atoms with Gasteiger partial charge >= 0.3 is 6.09 Å². The molecule has 1 rings (SSSR count). The third-order valence-corrected chi connectivity index (χ3v) is 4.30. The Morgan fingerprint density at radius 3 is 2.14 bits per heavy atom. The Bertz CT molecular complexity index is 339. The van der Waals surface area contributed by atoms with Crippen molar-refractivity contribution in [3.05, 3.63) is 0 Å². The van der Waals surface area contributed by atoms with Crippen molar-refractivity contribution >= 4 is 6.09 Å². The maximum Gasteiger partial charge on any atom is 0.407 e. The minimum Gasteiger partial charge on any atom is -0.444 e. The van der Waals surface area contributed by atoms with Gasteiger partial charge in [0, 0.05) is 18.6 Å². The molecule has 0 aromatic carbocycles. The van der Waals surface area contributed by atoms with Gasteiger partial charge in [0.2, 0.25) is 0 Å². The summed E-state index contributed by atoms with van der Waals surface area (Å²) in [4.78, 5) is 11.8. The molecule has 0 aliphatic heterocycles. The van der Waals surface area contributed by atoms with Crippen LogP contribution in [0.4, 0.5) is 4.79 Å². The van der Waals surface area contributed by atoms with E-state index in [0.717, 1.165) is 11.8 Å². The average Bonchev–Trinajstić information content (AvgIpc) is 2.30. The highest BCUT2D eigenvalue weighted by atomic mass is 16.6. The van der Waals surface area contributed by atoms with Gasteiger partial charge in [-0.15, -0.1) is 0 Å². The highest BCUT2D eigenvalue weighted by Gasteiger charge is 2.27. The van der Waals surface area contributed by atoms with Crippen LogP contribution in [0.3, 0.4) is 0 Å². The number of carbonyl (C=O) groups is 1. The van der Waals surface area contributed by atoms with Gasteiger partial charge in [-0.05, 0) is 57.8 Å². The molecule has 1 aliphatic rings. The van der Waals surface area contributed by atoms with E-state index in [0.29, 0.717) is 18.5 Å². The Labute approximate surface area is 136 Å². The van der Waals surface area contributed by atoms with E-state index >= 15 is 0 Å². The zero-order chi connectivity index (χ0) is 16.9. The molecule has 0 heterocycles. The third kappa shape index (κ3) is 7.48. The van der Waals surface area contributed by atoms with E-state index in [-0.39, 0.29) is 12.1 Å². The predicted molar refractivity (Wildman–Crippen MR) is 92.0 cm³/mol. The van der Waals surface area contributed by atoms with Crippen LogP contribution in [0.5, 0.6) is 0 Å². The molecule has 1 aliphatic carbocycles. The highest BCUT2D eigenvalue weighted by Crippen LogP contribution is 2.29. The minimum atomic E-state index is -0.445. The molecular formula is C18H36N2O2. The second kappa shape index (κ2) is 8.19. The quantitative estimate of drug-likeness (QED) is 0.808. The van der Waals surface area contributed by atoms with Crippen LogP contribution in [-0.4, -0.2) is 30.3 Å². The van der Waals surface area contributed by atoms with E-state index < -0.39 is 5.60 Å². The van der Waals surface area contributed by atoms with Crippen molar-refractivity contribution in [2.45, 2.75) is 85.4 Å². The first-order valence-electron chi connectivity index (χ1n) is 8.79. The van der Waals surface area contributed by atoms with E-state index in [2.05, 4.69) is 38.3 Å². The summed E-state index contributed by atoms with van der Waals surface area (Å²) in [6.45, 7) is 15.3. The van der Waals surface area contributed by atoms with Crippen LogP contribution in [0.2, 0.25) is 0 Å². The summed E-state index contributed by atoms with van der Waals surface area (Å²) < 4.78 is 5.31. The molecule has 22 heavy (non-hydrogen) atoms. The smallest absolute Gasteiger partial charge is 0.407 e. The average molecular weight is 312 g/mol. The molecule has 0 spiro atoms. The van der Waals surface area contributed by atoms with E-state index in [1.54, 1.807) is 0 Å². The van der Waals surface area contributed by atoms with E-state index in [4.69, 9.17) is 4.74 Å². The molecule has 0 saturated heterocycles. The van der Waals surface area contributed by atoms with Crippen LogP contribution in [0.1, 0.15) is 67.7 Å². The lowest BCUT2D eigenvalue weighted by molar-refractivity contribution is 0.0516. The lowest BCUT2D eigenvalue weighted by Crippen LogP contribution is -2.50. The zero-order valence-electron chi connectivity index (χ0n) is 15.5. The largest absolute Gasteiger partial charge is 0.444 e. The molecule has 0 radical (unpaired) electrons. The number of rotatable bonds is 5. The lowest BCUT2D eigenvalue weighted by atomic mass is 9.80. The summed E-state index contributed by atoms with van der Waals surface area (Å²) in [6.07, 6.45) is 3.48. The van der Waals surface area contributed by atoms with Crippen molar-refractivity contribution in [3.8, 4) is 0 Å². The summed E-state index contributed by atoms with van der Waals surface area (Å²) in [5.41, 5.74) is -0.445. The number of carbonyl (C=O) groups excluding carboxylic acids is 1. The number of alkyl carbamates (subject to hydrolysis) is 1. The molecule has 3 atom stereocenters. The van der Waals surface area contributed by atoms with Crippen LogP contribution in [-0.2, 0) is 4.74 Å². The van der Waals surface area contributed by atoms with Crippen LogP contribution in [0.25, 0.3) is 0 Å². The molecule has 0 bridgehead atoms. The van der Waals surface area contributed by atoms with E-state index in [9.17, 15) is 4.79 Å². The van der Waals surface area contributed by atoms with Gasteiger partial charge in [0.15, 0.2) is 0 Å². The molecule has 4 heteroatoms. The minimum absolute atomic E-state index is 0.287. The molecule has 2 N–H and O–H groups in total. The van der Waals surface area contributed by atoms with Gasteiger partial charge in [-0.3, -0.25) is 0 Å². The van der Waals surface area contributed by atoms with Crippen molar-refractivity contribution < 1.29 is 9.53 Å². The van der Waals surface area contributed by atoms with Gasteiger partial charge < -0.3 is 15.4 Å². The fraction of sp³-hybridized carbons (Fsp3) is 0.944. The second-order valence-electron chi connectivity index (χ2n) is 8.51. The topological polar surface area (TPSA) is 50.4 Å². The molecule has 1 fully saturated rings. The van der Waals surface area contributed by atoms with Gasteiger partial charge in [-0.1, -0.05) is 27.7 Å². The normalized spacial score (nSPS) is 27.5. The third-order valence-electron chi connectivity index (χ3n) is 4.30. The van der Waals surface area contributed by atoms with Gasteiger partial charge in [0.05, 0.1) is 0 Å². The van der Waals surface area contributed by atoms with E-state index in [1.165, 1.54) is 19.3 Å². The Balaban J connectivity index is 2.47. The zero-order valence-corrected chi connectivity index (χ0v) is 15.5. The van der Waals surface area contributed by atoms with Gasteiger partial charge in [-0.25, -0.2) is 4.79 Å². The summed E-state index contributed by atoms with van der Waals surface area (Å²) in [5.74, 6) is 2.04. The maximum atomic E-state index is 11.8. The monoisotopic (exact) mass is 312 g/mol. The van der Waals surface area contributed by atoms with Crippen LogP contribution < -0.4 is 10.6 Å². The molecule has 0 aromatic heterocycles. The number of hydrogen-bond donors (Lipinski definition) is 2. The van der Waals surface area contributed by atoms with Crippen LogP contribution in [0, 0.1) is 17.8 Å². The summed E-state index contributed by atoms with van der Waals surface area (Å²) in [5, 5.41) is 6.67. The van der Waals surface area contributed by atoms with Gasteiger partial charge in [0.25, 0.3) is 0 Å². The SMILES string of the molecule is CC1CC(C)CC(NC(CNC(=O)OC(C)(C)C)C(C)C)C1. The van der Waals surface area contributed by atoms with Crippen molar-refractivity contribution in [2.24, 2.45) is 17.8 Å². The standard InChI is InChI=1S/C18H36N2O2/c1-12(2)16(11-19-17(21)22-18(5,6)7)20-15-9-13(3)8-14(4)10-15/h12-16,20H,8-11H2,1-7H3,(H,19,21). The number of amides is 1. The first-order valence-corrected chi connectivity index (χ1v) is 8.79. The van der Waals surface area contributed by atoms with Crippen molar-refractivity contribution in [2.75, 3.05) is 6.54 Å². The first kappa shape index (κ1) is 19.3. The molecule has 3 unspecified atom stereocenters. The van der Waals surface area contributed by atoms with Crippen LogP contribution >= 0.6 is 0 Å². The number of nitrogens with one attached hydrogen (secondary N) is 2. The Kier molecular flexibility index (Phi) is 7.17. The van der Waals surface area contributed by atoms with Crippen molar-refractivity contribution in [1.82, 2.24) is 10.6 Å². The number of ether oxygens (including phenoxy) is 1. The van der Waals surface area contributed by atoms with Crippen molar-refractivity contribution in [1.29, 1.82) is 0 Å². The summed E-state index contributed by atoms with van der Waals surface area (Å²) >= 11 is 0. The summed E-state index contributed by atoms with van der Waals surface area (Å²) in [6, 6.07) is 0.849. The fourth-order valence-corrected chi connectivity index (χ4v) is 3.38. The maximum absolute atomic E-state index is 11.8. The van der Waals surface area contributed by atoms with E-state index in [1.807, 2.05) is 20.8 Å².